The molecule has 5 rings (SSSR count). The van der Waals surface area contributed by atoms with Crippen molar-refractivity contribution < 1.29 is 9.45 Å². The standard InChI is InChI=1S/C24H28BN5O3/c1-28(2)24(32)20-7-6-18(13-27-20)33-25-8-9-30(15-25)14-16-10-22-21(26-12-16)11-19(17-4-5-17)23(31)29(22)3/h6-7,10-13,17H,4-5,8-9,14-15H2,1-3H3. The summed E-state index contributed by atoms with van der Waals surface area (Å²) in [4.78, 5) is 37.4. The van der Waals surface area contributed by atoms with Gasteiger partial charge in [-0.1, -0.05) is 0 Å². The normalized spacial score (nSPS) is 16.4. The van der Waals surface area contributed by atoms with Crippen LogP contribution in [-0.4, -0.2) is 64.2 Å². The predicted octanol–water partition coefficient (Wildman–Crippen LogP) is 2.33. The summed E-state index contributed by atoms with van der Waals surface area (Å²) in [5.41, 5.74) is 4.26. The van der Waals surface area contributed by atoms with Gasteiger partial charge in [0, 0.05) is 45.9 Å². The van der Waals surface area contributed by atoms with Crippen molar-refractivity contribution in [3.05, 3.63) is 63.8 Å². The molecule has 33 heavy (non-hydrogen) atoms. The Hall–Kier alpha value is -3.20. The number of carbonyl (C=O) groups excluding carboxylic acids is 1. The molecule has 3 aromatic rings. The first-order valence-corrected chi connectivity index (χ1v) is 11.4. The van der Waals surface area contributed by atoms with Crippen molar-refractivity contribution in [1.82, 2.24) is 24.3 Å². The van der Waals surface area contributed by atoms with Crippen molar-refractivity contribution in [3.8, 4) is 5.75 Å². The number of rotatable bonds is 6. The molecule has 2 aliphatic rings. The molecule has 0 spiro atoms. The van der Waals surface area contributed by atoms with E-state index in [9.17, 15) is 9.59 Å². The van der Waals surface area contributed by atoms with E-state index in [1.54, 1.807) is 37.0 Å². The molecule has 1 aliphatic carbocycles. The van der Waals surface area contributed by atoms with Crippen molar-refractivity contribution in [2.24, 2.45) is 7.05 Å². The number of fused-ring (bicyclic) bond motifs is 1. The topological polar surface area (TPSA) is 80.6 Å². The number of nitrogens with zero attached hydrogens (tertiary/aromatic N) is 5. The van der Waals surface area contributed by atoms with E-state index < -0.39 is 0 Å². The van der Waals surface area contributed by atoms with Crippen molar-refractivity contribution in [1.29, 1.82) is 0 Å². The number of aryl methyl sites for hydroxylation is 1. The Morgan fingerprint density at radius 3 is 2.73 bits per heavy atom. The minimum atomic E-state index is -0.126. The highest BCUT2D eigenvalue weighted by Crippen LogP contribution is 2.38. The highest BCUT2D eigenvalue weighted by molar-refractivity contribution is 6.53. The van der Waals surface area contributed by atoms with Gasteiger partial charge < -0.3 is 19.0 Å². The molecule has 4 heterocycles. The van der Waals surface area contributed by atoms with Crippen LogP contribution in [-0.2, 0) is 13.6 Å². The lowest BCUT2D eigenvalue weighted by Gasteiger charge is -2.17. The largest absolute Gasteiger partial charge is 0.558 e. The first-order valence-electron chi connectivity index (χ1n) is 11.4. The highest BCUT2D eigenvalue weighted by Gasteiger charge is 2.30. The summed E-state index contributed by atoms with van der Waals surface area (Å²) in [7, 11) is 5.25. The zero-order valence-corrected chi connectivity index (χ0v) is 19.3. The summed E-state index contributed by atoms with van der Waals surface area (Å²) < 4.78 is 7.84. The van der Waals surface area contributed by atoms with Gasteiger partial charge in [-0.05, 0) is 61.5 Å². The van der Waals surface area contributed by atoms with Gasteiger partial charge in [-0.3, -0.25) is 14.6 Å². The molecule has 0 unspecified atom stereocenters. The zero-order valence-electron chi connectivity index (χ0n) is 19.3. The second-order valence-electron chi connectivity index (χ2n) is 9.33. The van der Waals surface area contributed by atoms with Crippen LogP contribution in [0.1, 0.15) is 40.4 Å². The Kier molecular flexibility index (Phi) is 5.66. The van der Waals surface area contributed by atoms with E-state index in [4.69, 9.17) is 4.65 Å². The van der Waals surface area contributed by atoms with E-state index in [1.807, 2.05) is 19.3 Å². The van der Waals surface area contributed by atoms with E-state index in [0.717, 1.165) is 60.9 Å². The van der Waals surface area contributed by atoms with E-state index in [-0.39, 0.29) is 18.4 Å². The Bertz CT molecular complexity index is 1250. The molecular weight excluding hydrogens is 417 g/mol. The van der Waals surface area contributed by atoms with Gasteiger partial charge in [0.05, 0.1) is 17.2 Å². The average Bonchev–Trinajstić information content (AvgIpc) is 3.56. The van der Waals surface area contributed by atoms with Crippen LogP contribution in [0.25, 0.3) is 11.0 Å². The Morgan fingerprint density at radius 2 is 2.03 bits per heavy atom. The number of hydrogen-bond donors (Lipinski definition) is 0. The molecule has 0 atom stereocenters. The molecule has 1 aliphatic heterocycles. The van der Waals surface area contributed by atoms with Crippen molar-refractivity contribution >= 4 is 23.9 Å². The smallest absolute Gasteiger partial charge is 0.373 e. The Morgan fingerprint density at radius 1 is 1.21 bits per heavy atom. The quantitative estimate of drug-likeness (QED) is 0.542. The molecule has 0 radical (unpaired) electrons. The molecule has 3 aromatic heterocycles. The van der Waals surface area contributed by atoms with Gasteiger partial charge in [0.1, 0.15) is 11.4 Å². The zero-order chi connectivity index (χ0) is 23.1. The van der Waals surface area contributed by atoms with Crippen molar-refractivity contribution in [2.45, 2.75) is 31.6 Å². The molecule has 1 saturated carbocycles. The van der Waals surface area contributed by atoms with Crippen molar-refractivity contribution in [3.63, 3.8) is 0 Å². The average molecular weight is 445 g/mol. The number of carbonyl (C=O) groups is 1. The summed E-state index contributed by atoms with van der Waals surface area (Å²) in [5, 5.41) is 0. The predicted molar refractivity (Wildman–Crippen MR) is 128 cm³/mol. The first-order chi connectivity index (χ1) is 15.9. The maximum absolute atomic E-state index is 12.7. The maximum atomic E-state index is 12.7. The second kappa shape index (κ2) is 8.63. The van der Waals surface area contributed by atoms with Gasteiger partial charge >= 0.3 is 6.92 Å². The lowest BCUT2D eigenvalue weighted by molar-refractivity contribution is 0.0822. The minimum Gasteiger partial charge on any atom is -0.558 e. The Balaban J connectivity index is 1.23. The van der Waals surface area contributed by atoms with Gasteiger partial charge in [-0.2, -0.15) is 0 Å². The molecule has 170 valence electrons. The summed E-state index contributed by atoms with van der Waals surface area (Å²) in [6, 6.07) is 7.56. The number of hydrogen-bond acceptors (Lipinski definition) is 6. The van der Waals surface area contributed by atoms with Crippen molar-refractivity contribution in [2.75, 3.05) is 27.1 Å². The van der Waals surface area contributed by atoms with Crippen LogP contribution >= 0.6 is 0 Å². The fourth-order valence-corrected chi connectivity index (χ4v) is 4.46. The highest BCUT2D eigenvalue weighted by atomic mass is 16.4. The molecule has 2 fully saturated rings. The molecule has 0 bridgehead atoms. The fourth-order valence-electron chi connectivity index (χ4n) is 4.46. The van der Waals surface area contributed by atoms with Gasteiger partial charge in [-0.15, -0.1) is 0 Å². The molecular formula is C24H28BN5O3. The second-order valence-corrected chi connectivity index (χ2v) is 9.33. The fraction of sp³-hybridized carbons (Fsp3) is 0.417. The van der Waals surface area contributed by atoms with Crippen LogP contribution < -0.4 is 10.2 Å². The third kappa shape index (κ3) is 4.50. The summed E-state index contributed by atoms with van der Waals surface area (Å²) in [6.45, 7) is 1.75. The molecule has 1 saturated heterocycles. The number of amides is 1. The van der Waals surface area contributed by atoms with E-state index in [2.05, 4.69) is 20.9 Å². The lowest BCUT2D eigenvalue weighted by Crippen LogP contribution is -2.28. The molecule has 8 nitrogen and oxygen atoms in total. The molecule has 9 heteroatoms. The Labute approximate surface area is 193 Å². The van der Waals surface area contributed by atoms with Crippen LogP contribution in [0.5, 0.6) is 5.75 Å². The summed E-state index contributed by atoms with van der Waals surface area (Å²) in [5.74, 6) is 0.959. The van der Waals surface area contributed by atoms with Crippen LogP contribution in [0.4, 0.5) is 0 Å². The van der Waals surface area contributed by atoms with E-state index in [0.29, 0.717) is 17.4 Å². The van der Waals surface area contributed by atoms with Crippen LogP contribution in [0.2, 0.25) is 6.32 Å². The van der Waals surface area contributed by atoms with E-state index >= 15 is 0 Å². The van der Waals surface area contributed by atoms with Gasteiger partial charge in [0.15, 0.2) is 0 Å². The monoisotopic (exact) mass is 445 g/mol. The molecule has 0 aromatic carbocycles. The molecule has 0 N–H and O–H groups in total. The third-order valence-corrected chi connectivity index (χ3v) is 6.48. The minimum absolute atomic E-state index is 0.0704. The number of pyridine rings is 3. The van der Waals surface area contributed by atoms with Crippen LogP contribution in [0.3, 0.4) is 0 Å². The van der Waals surface area contributed by atoms with Crippen LogP contribution in [0, 0.1) is 0 Å². The van der Waals surface area contributed by atoms with Gasteiger partial charge in [-0.25, -0.2) is 4.98 Å². The van der Waals surface area contributed by atoms with Crippen LogP contribution in [0.15, 0.2) is 41.5 Å². The number of aromatic nitrogens is 3. The lowest BCUT2D eigenvalue weighted by atomic mass is 9.67. The first kappa shape index (κ1) is 21.6. The van der Waals surface area contributed by atoms with E-state index in [1.165, 1.54) is 4.90 Å². The van der Waals surface area contributed by atoms with Gasteiger partial charge in [0.25, 0.3) is 11.5 Å². The third-order valence-electron chi connectivity index (χ3n) is 6.48. The molecule has 1 amide bonds. The summed E-state index contributed by atoms with van der Waals surface area (Å²) >= 11 is 0. The maximum Gasteiger partial charge on any atom is 0.373 e. The summed E-state index contributed by atoms with van der Waals surface area (Å²) in [6.07, 6.45) is 7.46. The van der Waals surface area contributed by atoms with Gasteiger partial charge in [0.2, 0.25) is 0 Å². The SMILES string of the molecule is CN(C)C(=O)c1ccc(OB2CCN(Cc3cnc4cc(C5CC5)c(=O)n(C)c4c3)C2)cn1.